The summed E-state index contributed by atoms with van der Waals surface area (Å²) in [5, 5.41) is 0. The van der Waals surface area contributed by atoms with Crippen LogP contribution >= 0.6 is 15.9 Å². The molecule has 1 atom stereocenters. The van der Waals surface area contributed by atoms with E-state index in [2.05, 4.69) is 36.7 Å². The van der Waals surface area contributed by atoms with Crippen molar-refractivity contribution in [3.05, 3.63) is 0 Å². The molecule has 0 aromatic carbocycles. The van der Waals surface area contributed by atoms with Gasteiger partial charge in [-0.25, -0.2) is 0 Å². The highest BCUT2D eigenvalue weighted by molar-refractivity contribution is 9.09. The lowest BCUT2D eigenvalue weighted by Crippen LogP contribution is -2.06. The molecule has 0 spiro atoms. The summed E-state index contributed by atoms with van der Waals surface area (Å²) in [6, 6.07) is 0. The molecule has 0 bridgehead atoms. The first-order valence-electron chi connectivity index (χ1n) is 6.32. The molecule has 0 rings (SSSR count). The molecule has 0 heterocycles. The quantitative estimate of drug-likeness (QED) is 0.378. The summed E-state index contributed by atoms with van der Waals surface area (Å²) in [5.74, 6) is 0.787. The van der Waals surface area contributed by atoms with E-state index in [1.165, 1.54) is 51.4 Å². The van der Waals surface area contributed by atoms with Gasteiger partial charge in [-0.2, -0.15) is 0 Å². The minimum atomic E-state index is 0.734. The number of rotatable bonds is 9. The maximum Gasteiger partial charge on any atom is 0.0168 e. The summed E-state index contributed by atoms with van der Waals surface area (Å²) in [5.41, 5.74) is 0. The van der Waals surface area contributed by atoms with Crippen molar-refractivity contribution in [2.45, 2.75) is 77.0 Å². The largest absolute Gasteiger partial charge is 0.0888 e. The Bertz CT molecular complexity index is 110. The second-order valence-electron chi connectivity index (χ2n) is 4.67. The predicted molar refractivity (Wildman–Crippen MR) is 70.2 cm³/mol. The van der Waals surface area contributed by atoms with Crippen molar-refractivity contribution in [3.8, 4) is 0 Å². The van der Waals surface area contributed by atoms with Crippen LogP contribution in [0.3, 0.4) is 0 Å². The van der Waals surface area contributed by atoms with E-state index in [0.29, 0.717) is 0 Å². The SMILES string of the molecule is CCCCCCCCCC(Br)C(C)C. The molecule has 86 valence electrons. The average Bonchev–Trinajstić information content (AvgIpc) is 2.16. The van der Waals surface area contributed by atoms with Crippen LogP contribution in [0.15, 0.2) is 0 Å². The van der Waals surface area contributed by atoms with Crippen LogP contribution in [0.2, 0.25) is 0 Å². The molecule has 0 nitrogen and oxygen atoms in total. The van der Waals surface area contributed by atoms with Crippen LogP contribution in [0.1, 0.15) is 72.1 Å². The Hall–Kier alpha value is 0.480. The zero-order valence-electron chi connectivity index (χ0n) is 10.2. The standard InChI is InChI=1S/C13H27Br/c1-4-5-6-7-8-9-10-11-13(14)12(2)3/h12-13H,4-11H2,1-3H3. The zero-order valence-corrected chi connectivity index (χ0v) is 11.8. The second-order valence-corrected chi connectivity index (χ2v) is 5.85. The fourth-order valence-corrected chi connectivity index (χ4v) is 1.95. The fraction of sp³-hybridized carbons (Fsp3) is 1.00. The molecule has 0 aromatic rings. The highest BCUT2D eigenvalue weighted by Crippen LogP contribution is 2.19. The lowest BCUT2D eigenvalue weighted by Gasteiger charge is -2.12. The Morgan fingerprint density at radius 1 is 0.857 bits per heavy atom. The molecule has 0 amide bonds. The van der Waals surface area contributed by atoms with Gasteiger partial charge >= 0.3 is 0 Å². The lowest BCUT2D eigenvalue weighted by molar-refractivity contribution is 0.525. The van der Waals surface area contributed by atoms with E-state index >= 15 is 0 Å². The highest BCUT2D eigenvalue weighted by atomic mass is 79.9. The van der Waals surface area contributed by atoms with Gasteiger partial charge < -0.3 is 0 Å². The van der Waals surface area contributed by atoms with Gasteiger partial charge in [0.15, 0.2) is 0 Å². The monoisotopic (exact) mass is 262 g/mol. The number of alkyl halides is 1. The Labute approximate surface area is 99.0 Å². The van der Waals surface area contributed by atoms with Gasteiger partial charge in [0.05, 0.1) is 0 Å². The smallest absolute Gasteiger partial charge is 0.0168 e. The van der Waals surface area contributed by atoms with E-state index in [0.717, 1.165) is 10.7 Å². The first kappa shape index (κ1) is 14.5. The predicted octanol–water partition coefficient (Wildman–Crippen LogP) is 5.55. The van der Waals surface area contributed by atoms with Crippen LogP contribution in [0.5, 0.6) is 0 Å². The first-order valence-corrected chi connectivity index (χ1v) is 7.24. The van der Waals surface area contributed by atoms with Gasteiger partial charge in [0.25, 0.3) is 0 Å². The third-order valence-corrected chi connectivity index (χ3v) is 4.32. The van der Waals surface area contributed by atoms with Crippen LogP contribution in [0.25, 0.3) is 0 Å². The van der Waals surface area contributed by atoms with Crippen LogP contribution in [-0.2, 0) is 0 Å². The number of hydrogen-bond donors (Lipinski definition) is 0. The summed E-state index contributed by atoms with van der Waals surface area (Å²) in [6.07, 6.45) is 11.3. The molecule has 1 unspecified atom stereocenters. The molecule has 0 saturated heterocycles. The van der Waals surface area contributed by atoms with Gasteiger partial charge in [-0.15, -0.1) is 0 Å². The minimum Gasteiger partial charge on any atom is -0.0888 e. The molecule has 0 aliphatic heterocycles. The van der Waals surface area contributed by atoms with Gasteiger partial charge in [0.2, 0.25) is 0 Å². The maximum atomic E-state index is 3.74. The average molecular weight is 263 g/mol. The Morgan fingerprint density at radius 2 is 1.36 bits per heavy atom. The highest BCUT2D eigenvalue weighted by Gasteiger charge is 2.07. The van der Waals surface area contributed by atoms with E-state index in [9.17, 15) is 0 Å². The van der Waals surface area contributed by atoms with Crippen molar-refractivity contribution in [2.75, 3.05) is 0 Å². The van der Waals surface area contributed by atoms with E-state index < -0.39 is 0 Å². The van der Waals surface area contributed by atoms with Gasteiger partial charge in [-0.05, 0) is 12.3 Å². The number of halogens is 1. The molecule has 0 aromatic heterocycles. The first-order chi connectivity index (χ1) is 6.68. The van der Waals surface area contributed by atoms with Gasteiger partial charge in [-0.3, -0.25) is 0 Å². The van der Waals surface area contributed by atoms with Crippen molar-refractivity contribution in [1.29, 1.82) is 0 Å². The summed E-state index contributed by atoms with van der Waals surface area (Å²) in [4.78, 5) is 0.734. The van der Waals surface area contributed by atoms with Crippen molar-refractivity contribution >= 4 is 15.9 Å². The third-order valence-electron chi connectivity index (χ3n) is 2.81. The number of hydrogen-bond acceptors (Lipinski definition) is 0. The van der Waals surface area contributed by atoms with Crippen LogP contribution in [0, 0.1) is 5.92 Å². The Morgan fingerprint density at radius 3 is 1.86 bits per heavy atom. The van der Waals surface area contributed by atoms with E-state index in [1.807, 2.05) is 0 Å². The summed E-state index contributed by atoms with van der Waals surface area (Å²) in [6.45, 7) is 6.86. The molecule has 0 saturated carbocycles. The molecular formula is C13H27Br. The fourth-order valence-electron chi connectivity index (χ4n) is 1.63. The Balaban J connectivity index is 3.06. The van der Waals surface area contributed by atoms with Crippen molar-refractivity contribution in [2.24, 2.45) is 5.92 Å². The summed E-state index contributed by atoms with van der Waals surface area (Å²) in [7, 11) is 0. The van der Waals surface area contributed by atoms with E-state index in [-0.39, 0.29) is 0 Å². The van der Waals surface area contributed by atoms with Crippen LogP contribution < -0.4 is 0 Å². The molecule has 14 heavy (non-hydrogen) atoms. The summed E-state index contributed by atoms with van der Waals surface area (Å²) >= 11 is 3.74. The Kier molecular flexibility index (Phi) is 10.4. The number of unbranched alkanes of at least 4 members (excludes halogenated alkanes) is 6. The summed E-state index contributed by atoms with van der Waals surface area (Å²) < 4.78 is 0. The molecule has 1 heteroatoms. The molecule has 0 aliphatic carbocycles. The van der Waals surface area contributed by atoms with Crippen molar-refractivity contribution < 1.29 is 0 Å². The zero-order chi connectivity index (χ0) is 10.8. The van der Waals surface area contributed by atoms with Gasteiger partial charge in [0, 0.05) is 4.83 Å². The molecule has 0 fully saturated rings. The van der Waals surface area contributed by atoms with Gasteiger partial charge in [-0.1, -0.05) is 81.6 Å². The van der Waals surface area contributed by atoms with E-state index in [4.69, 9.17) is 0 Å². The van der Waals surface area contributed by atoms with Crippen LogP contribution in [-0.4, -0.2) is 4.83 Å². The minimum absolute atomic E-state index is 0.734. The molecule has 0 radical (unpaired) electrons. The van der Waals surface area contributed by atoms with E-state index in [1.54, 1.807) is 0 Å². The lowest BCUT2D eigenvalue weighted by atomic mass is 10.0. The third kappa shape index (κ3) is 9.05. The molecule has 0 N–H and O–H groups in total. The van der Waals surface area contributed by atoms with Crippen molar-refractivity contribution in [3.63, 3.8) is 0 Å². The normalized spacial score (nSPS) is 13.5. The van der Waals surface area contributed by atoms with Crippen molar-refractivity contribution in [1.82, 2.24) is 0 Å². The second kappa shape index (κ2) is 10.0. The maximum absolute atomic E-state index is 3.74. The molecule has 0 aliphatic rings. The van der Waals surface area contributed by atoms with Crippen LogP contribution in [0.4, 0.5) is 0 Å². The topological polar surface area (TPSA) is 0 Å². The molecular weight excluding hydrogens is 236 g/mol. The van der Waals surface area contributed by atoms with Gasteiger partial charge in [0.1, 0.15) is 0 Å².